The van der Waals surface area contributed by atoms with E-state index in [-0.39, 0.29) is 23.1 Å². The number of nitrogens with one attached hydrogen (secondary N) is 1. The summed E-state index contributed by atoms with van der Waals surface area (Å²) in [5.41, 5.74) is 1.31. The lowest BCUT2D eigenvalue weighted by atomic mass is 10.2. The molecule has 0 saturated carbocycles. The molecule has 2 aromatic carbocycles. The van der Waals surface area contributed by atoms with Crippen LogP contribution < -0.4 is 10.9 Å². The van der Waals surface area contributed by atoms with Gasteiger partial charge < -0.3 is 5.32 Å². The number of anilines is 1. The average Bonchev–Trinajstić information content (AvgIpc) is 3.15. The first-order chi connectivity index (χ1) is 14.4. The highest BCUT2D eigenvalue weighted by atomic mass is 35.5. The largest absolute Gasteiger partial charge is 0.325 e. The monoisotopic (exact) mass is 441 g/mol. The summed E-state index contributed by atoms with van der Waals surface area (Å²) >= 11 is 7.15. The van der Waals surface area contributed by atoms with Crippen LogP contribution >= 0.6 is 23.4 Å². The summed E-state index contributed by atoms with van der Waals surface area (Å²) in [5, 5.41) is 13.1. The number of aromatic nitrogens is 4. The molecule has 0 aliphatic carbocycles. The van der Waals surface area contributed by atoms with E-state index in [0.717, 1.165) is 5.52 Å². The third-order valence-corrected chi connectivity index (χ3v) is 5.67. The molecule has 0 aliphatic rings. The zero-order valence-corrected chi connectivity index (χ0v) is 18.1. The van der Waals surface area contributed by atoms with Crippen molar-refractivity contribution in [3.8, 4) is 0 Å². The van der Waals surface area contributed by atoms with E-state index < -0.39 is 0 Å². The Hall–Kier alpha value is -2.84. The van der Waals surface area contributed by atoms with Crippen LogP contribution in [0, 0.1) is 5.92 Å². The lowest BCUT2D eigenvalue weighted by Crippen LogP contribution is -2.25. The van der Waals surface area contributed by atoms with Gasteiger partial charge in [0.2, 0.25) is 11.7 Å². The summed E-state index contributed by atoms with van der Waals surface area (Å²) in [6.07, 6.45) is 0. The van der Waals surface area contributed by atoms with Gasteiger partial charge in [-0.25, -0.2) is 0 Å². The maximum Gasteiger partial charge on any atom is 0.262 e. The minimum Gasteiger partial charge on any atom is -0.325 e. The van der Waals surface area contributed by atoms with Crippen LogP contribution in [-0.2, 0) is 11.3 Å². The minimum absolute atomic E-state index is 0.0868. The molecule has 0 spiro atoms. The van der Waals surface area contributed by atoms with Gasteiger partial charge in [0, 0.05) is 17.3 Å². The van der Waals surface area contributed by atoms with E-state index >= 15 is 0 Å². The number of nitrogens with zero attached hydrogens (tertiary/aromatic N) is 4. The number of hydrogen-bond acceptors (Lipinski definition) is 5. The Kier molecular flexibility index (Phi) is 5.78. The number of para-hydroxylation sites is 1. The molecule has 4 rings (SSSR count). The van der Waals surface area contributed by atoms with Crippen LogP contribution in [0.1, 0.15) is 13.8 Å². The van der Waals surface area contributed by atoms with E-state index in [1.807, 2.05) is 36.4 Å². The Labute approximate surface area is 182 Å². The number of hydrogen-bond donors (Lipinski definition) is 1. The number of thioether (sulfide) groups is 1. The second kappa shape index (κ2) is 8.49. The minimum atomic E-state index is -0.168. The first kappa shape index (κ1) is 20.4. The third-order valence-electron chi connectivity index (χ3n) is 4.49. The molecule has 0 radical (unpaired) electrons. The molecule has 0 atom stereocenters. The van der Waals surface area contributed by atoms with Gasteiger partial charge in [0.05, 0.1) is 16.7 Å². The molecule has 2 aromatic heterocycles. The molecule has 30 heavy (non-hydrogen) atoms. The molecule has 1 amide bonds. The van der Waals surface area contributed by atoms with Crippen molar-refractivity contribution in [1.82, 2.24) is 19.2 Å². The number of fused-ring (bicyclic) bond motifs is 3. The molecular formula is C21H20ClN5O2S. The van der Waals surface area contributed by atoms with Crippen LogP contribution in [0.5, 0.6) is 0 Å². The van der Waals surface area contributed by atoms with Gasteiger partial charge in [-0.05, 0) is 42.3 Å². The molecule has 0 bridgehead atoms. The first-order valence-corrected chi connectivity index (χ1v) is 10.9. The van der Waals surface area contributed by atoms with Crippen molar-refractivity contribution in [3.05, 3.63) is 63.9 Å². The van der Waals surface area contributed by atoms with Crippen molar-refractivity contribution in [3.63, 3.8) is 0 Å². The first-order valence-electron chi connectivity index (χ1n) is 9.49. The summed E-state index contributed by atoms with van der Waals surface area (Å²) in [6, 6.07) is 14.3. The topological polar surface area (TPSA) is 81.3 Å². The van der Waals surface area contributed by atoms with Crippen molar-refractivity contribution < 1.29 is 4.79 Å². The average molecular weight is 442 g/mol. The van der Waals surface area contributed by atoms with E-state index in [4.69, 9.17) is 11.6 Å². The number of amides is 1. The number of halogens is 1. The van der Waals surface area contributed by atoms with Crippen molar-refractivity contribution in [2.24, 2.45) is 5.92 Å². The lowest BCUT2D eigenvalue weighted by Gasteiger charge is -2.12. The molecule has 0 saturated heterocycles. The maximum atomic E-state index is 13.0. The quantitative estimate of drug-likeness (QED) is 0.456. The van der Waals surface area contributed by atoms with Crippen molar-refractivity contribution >= 4 is 51.6 Å². The highest BCUT2D eigenvalue weighted by Gasteiger charge is 2.18. The molecular weight excluding hydrogens is 422 g/mol. The Morgan fingerprint density at radius 3 is 2.60 bits per heavy atom. The molecule has 7 nitrogen and oxygen atoms in total. The summed E-state index contributed by atoms with van der Waals surface area (Å²) in [6.45, 7) is 4.63. The SMILES string of the molecule is CC(C)Cn1c(=O)c2ccccc2n2c(SCC(=O)Nc3ccc(Cl)cc3)nnc12. The number of benzene rings is 2. The molecule has 9 heteroatoms. The molecule has 4 aromatic rings. The fourth-order valence-electron chi connectivity index (χ4n) is 3.22. The number of rotatable bonds is 6. The van der Waals surface area contributed by atoms with E-state index in [1.165, 1.54) is 11.8 Å². The number of carbonyl (C=O) groups is 1. The fraction of sp³-hybridized carbons (Fsp3) is 0.238. The summed E-state index contributed by atoms with van der Waals surface area (Å²) in [7, 11) is 0. The normalized spacial score (nSPS) is 11.5. The predicted molar refractivity (Wildman–Crippen MR) is 120 cm³/mol. The van der Waals surface area contributed by atoms with Gasteiger partial charge in [-0.2, -0.15) is 0 Å². The van der Waals surface area contributed by atoms with Gasteiger partial charge in [0.15, 0.2) is 5.16 Å². The Bertz CT molecular complexity index is 1280. The lowest BCUT2D eigenvalue weighted by molar-refractivity contribution is -0.113. The van der Waals surface area contributed by atoms with Crippen molar-refractivity contribution in [2.45, 2.75) is 25.5 Å². The van der Waals surface area contributed by atoms with E-state index in [1.54, 1.807) is 34.9 Å². The molecule has 2 heterocycles. The molecule has 1 N–H and O–H groups in total. The van der Waals surface area contributed by atoms with Gasteiger partial charge in [0.25, 0.3) is 5.56 Å². The van der Waals surface area contributed by atoms with Crippen LogP contribution in [0.4, 0.5) is 5.69 Å². The summed E-state index contributed by atoms with van der Waals surface area (Å²) in [4.78, 5) is 25.4. The van der Waals surface area contributed by atoms with Gasteiger partial charge in [-0.3, -0.25) is 18.6 Å². The number of carbonyl (C=O) groups excluding carboxylic acids is 1. The van der Waals surface area contributed by atoms with Crippen LogP contribution in [0.25, 0.3) is 16.7 Å². The van der Waals surface area contributed by atoms with Crippen molar-refractivity contribution in [2.75, 3.05) is 11.1 Å². The standard InChI is InChI=1S/C21H20ClN5O2S/c1-13(2)11-26-19(29)16-5-3-4-6-17(16)27-20(26)24-25-21(27)30-12-18(28)23-15-9-7-14(22)8-10-15/h3-10,13H,11-12H2,1-2H3,(H,23,28). The van der Waals surface area contributed by atoms with Gasteiger partial charge >= 0.3 is 0 Å². The molecule has 0 fully saturated rings. The van der Waals surface area contributed by atoms with Crippen molar-refractivity contribution in [1.29, 1.82) is 0 Å². The van der Waals surface area contributed by atoms with Crippen LogP contribution in [0.15, 0.2) is 58.5 Å². The summed E-state index contributed by atoms with van der Waals surface area (Å²) in [5.74, 6) is 0.735. The van der Waals surface area contributed by atoms with Crippen LogP contribution in [-0.4, -0.2) is 30.8 Å². The van der Waals surface area contributed by atoms with E-state index in [0.29, 0.717) is 33.6 Å². The Morgan fingerprint density at radius 1 is 1.13 bits per heavy atom. The predicted octanol–water partition coefficient (Wildman–Crippen LogP) is 4.08. The molecule has 0 aliphatic heterocycles. The zero-order valence-electron chi connectivity index (χ0n) is 16.5. The smallest absolute Gasteiger partial charge is 0.262 e. The van der Waals surface area contributed by atoms with E-state index in [2.05, 4.69) is 15.5 Å². The van der Waals surface area contributed by atoms with Crippen LogP contribution in [0.2, 0.25) is 5.02 Å². The van der Waals surface area contributed by atoms with Gasteiger partial charge in [0.1, 0.15) is 0 Å². The second-order valence-corrected chi connectivity index (χ2v) is 8.67. The van der Waals surface area contributed by atoms with E-state index in [9.17, 15) is 9.59 Å². The highest BCUT2D eigenvalue weighted by Crippen LogP contribution is 2.22. The fourth-order valence-corrected chi connectivity index (χ4v) is 4.08. The maximum absolute atomic E-state index is 13.0. The zero-order chi connectivity index (χ0) is 21.3. The van der Waals surface area contributed by atoms with Gasteiger partial charge in [-0.15, -0.1) is 10.2 Å². The Balaban J connectivity index is 1.66. The molecule has 0 unspecified atom stereocenters. The molecule has 154 valence electrons. The van der Waals surface area contributed by atoms with Crippen LogP contribution in [0.3, 0.4) is 0 Å². The van der Waals surface area contributed by atoms with Gasteiger partial charge in [-0.1, -0.05) is 49.3 Å². The second-order valence-electron chi connectivity index (χ2n) is 7.29. The highest BCUT2D eigenvalue weighted by molar-refractivity contribution is 7.99. The third kappa shape index (κ3) is 4.06. The summed E-state index contributed by atoms with van der Waals surface area (Å²) < 4.78 is 3.50. The Morgan fingerprint density at radius 2 is 1.87 bits per heavy atom.